The van der Waals surface area contributed by atoms with Crippen molar-refractivity contribution in [2.75, 3.05) is 24.7 Å². The first kappa shape index (κ1) is 25.7. The summed E-state index contributed by atoms with van der Waals surface area (Å²) in [6.45, 7) is 3.26. The number of hydrogen-bond acceptors (Lipinski definition) is 4. The van der Waals surface area contributed by atoms with Gasteiger partial charge in [0.1, 0.15) is 11.9 Å². The number of benzene rings is 3. The predicted molar refractivity (Wildman–Crippen MR) is 149 cm³/mol. The lowest BCUT2D eigenvalue weighted by Gasteiger charge is -2.20. The van der Waals surface area contributed by atoms with Crippen molar-refractivity contribution in [3.63, 3.8) is 0 Å². The van der Waals surface area contributed by atoms with Crippen molar-refractivity contribution in [1.29, 1.82) is 0 Å². The van der Waals surface area contributed by atoms with E-state index in [0.717, 1.165) is 35.2 Å². The maximum atomic E-state index is 14.0. The quantitative estimate of drug-likeness (QED) is 0.287. The highest BCUT2D eigenvalue weighted by molar-refractivity contribution is 6.34. The molecule has 1 aliphatic heterocycles. The van der Waals surface area contributed by atoms with E-state index in [1.807, 2.05) is 45.3 Å². The smallest absolute Gasteiger partial charge is 0.257 e. The van der Waals surface area contributed by atoms with Crippen LogP contribution in [0.2, 0.25) is 5.02 Å². The van der Waals surface area contributed by atoms with Gasteiger partial charge in [-0.1, -0.05) is 29.8 Å². The highest BCUT2D eigenvalue weighted by Crippen LogP contribution is 2.33. The van der Waals surface area contributed by atoms with Crippen LogP contribution in [-0.4, -0.2) is 35.3 Å². The summed E-state index contributed by atoms with van der Waals surface area (Å²) >= 11 is 6.08. The Kier molecular flexibility index (Phi) is 7.06. The van der Waals surface area contributed by atoms with Crippen LogP contribution in [0.15, 0.2) is 72.8 Å². The Balaban J connectivity index is 1.45. The van der Waals surface area contributed by atoms with E-state index in [-0.39, 0.29) is 16.4 Å². The fourth-order valence-electron chi connectivity index (χ4n) is 4.88. The van der Waals surface area contributed by atoms with E-state index in [4.69, 9.17) is 11.6 Å². The monoisotopic (exact) mass is 530 g/mol. The minimum Gasteiger partial charge on any atom is -0.370 e. The van der Waals surface area contributed by atoms with Gasteiger partial charge in [0.2, 0.25) is 0 Å². The second kappa shape index (κ2) is 10.4. The van der Waals surface area contributed by atoms with Crippen LogP contribution >= 0.6 is 11.6 Å². The Morgan fingerprint density at radius 2 is 1.84 bits per heavy atom. The highest BCUT2D eigenvalue weighted by atomic mass is 35.5. The highest BCUT2D eigenvalue weighted by Gasteiger charge is 2.30. The van der Waals surface area contributed by atoms with Crippen molar-refractivity contribution in [2.45, 2.75) is 26.1 Å². The number of halogens is 2. The number of fused-ring (bicyclic) bond motifs is 2. The van der Waals surface area contributed by atoms with Gasteiger partial charge in [-0.15, -0.1) is 0 Å². The van der Waals surface area contributed by atoms with Crippen LogP contribution in [0.25, 0.3) is 0 Å². The van der Waals surface area contributed by atoms with E-state index in [9.17, 15) is 14.0 Å². The molecule has 194 valence electrons. The molecule has 0 bridgehead atoms. The number of anilines is 2. The van der Waals surface area contributed by atoms with Gasteiger partial charge in [-0.3, -0.25) is 9.59 Å². The van der Waals surface area contributed by atoms with Crippen molar-refractivity contribution < 1.29 is 14.0 Å². The lowest BCUT2D eigenvalue weighted by atomic mass is 9.96. The molecule has 1 amide bonds. The summed E-state index contributed by atoms with van der Waals surface area (Å²) in [5, 5.41) is 6.39. The first-order valence-corrected chi connectivity index (χ1v) is 12.7. The van der Waals surface area contributed by atoms with Crippen LogP contribution in [0, 0.1) is 12.7 Å². The van der Waals surface area contributed by atoms with E-state index in [2.05, 4.69) is 32.2 Å². The molecule has 4 aromatic rings. The Hall–Kier alpha value is -3.94. The molecule has 0 saturated heterocycles. The molecule has 0 spiro atoms. The Bertz CT molecular complexity index is 1550. The van der Waals surface area contributed by atoms with Crippen LogP contribution < -0.4 is 10.6 Å². The third kappa shape index (κ3) is 5.08. The van der Waals surface area contributed by atoms with Crippen molar-refractivity contribution in [2.24, 2.45) is 0 Å². The molecule has 1 aromatic heterocycles. The zero-order valence-corrected chi connectivity index (χ0v) is 22.1. The predicted octanol–water partition coefficient (Wildman–Crippen LogP) is 6.30. The number of nitrogens with zero attached hydrogens (tertiary/aromatic N) is 2. The fourth-order valence-corrected chi connectivity index (χ4v) is 5.08. The van der Waals surface area contributed by atoms with E-state index in [1.165, 1.54) is 12.1 Å². The lowest BCUT2D eigenvalue weighted by molar-refractivity contribution is 0.0965. The minimum absolute atomic E-state index is 0.0417. The number of hydrogen-bond donors (Lipinski definition) is 2. The number of amides is 1. The first-order valence-electron chi connectivity index (χ1n) is 12.3. The van der Waals surface area contributed by atoms with Gasteiger partial charge in [0.25, 0.3) is 5.91 Å². The number of carbonyl (C=O) groups is 2. The molecule has 38 heavy (non-hydrogen) atoms. The van der Waals surface area contributed by atoms with Crippen LogP contribution in [0.1, 0.15) is 49.3 Å². The van der Waals surface area contributed by atoms with Gasteiger partial charge in [0.05, 0.1) is 10.6 Å². The van der Waals surface area contributed by atoms with E-state index in [1.54, 1.807) is 18.2 Å². The number of nitrogens with one attached hydrogen (secondary N) is 2. The summed E-state index contributed by atoms with van der Waals surface area (Å²) in [6.07, 6.45) is 0. The standard InChI is InChI=1S/C30H28ClFN4O2/c1-18-14-21(33-30(38)24-15-20(32)8-12-25(24)31)9-11-23(18)29(37)28-27-13-10-22(17-35(2)3)36(27)16-19-6-4-5-7-26(19)34-28/h4-15,28,34H,16-17H2,1-3H3,(H,33,38). The summed E-state index contributed by atoms with van der Waals surface area (Å²) in [4.78, 5) is 28.8. The van der Waals surface area contributed by atoms with E-state index >= 15 is 0 Å². The number of aromatic nitrogens is 1. The van der Waals surface area contributed by atoms with Crippen molar-refractivity contribution in [1.82, 2.24) is 9.47 Å². The second-order valence-electron chi connectivity index (χ2n) is 9.78. The Labute approximate surface area is 226 Å². The van der Waals surface area contributed by atoms with Gasteiger partial charge in [-0.2, -0.15) is 0 Å². The SMILES string of the molecule is Cc1cc(NC(=O)c2cc(F)ccc2Cl)ccc1C(=O)C1Nc2ccccc2Cn2c(CN(C)C)ccc21. The fraction of sp³-hybridized carbons (Fsp3) is 0.200. The number of carbonyl (C=O) groups excluding carboxylic acids is 2. The van der Waals surface area contributed by atoms with Gasteiger partial charge in [-0.05, 0) is 86.7 Å². The third-order valence-electron chi connectivity index (χ3n) is 6.71. The molecule has 0 radical (unpaired) electrons. The maximum Gasteiger partial charge on any atom is 0.257 e. The number of aryl methyl sites for hydroxylation is 1. The first-order chi connectivity index (χ1) is 18.2. The zero-order chi connectivity index (χ0) is 27.0. The van der Waals surface area contributed by atoms with Gasteiger partial charge >= 0.3 is 0 Å². The molecule has 1 unspecified atom stereocenters. The topological polar surface area (TPSA) is 66.4 Å². The summed E-state index contributed by atoms with van der Waals surface area (Å²) in [7, 11) is 4.05. The van der Waals surface area contributed by atoms with Crippen LogP contribution in [0.4, 0.5) is 15.8 Å². The van der Waals surface area contributed by atoms with Crippen LogP contribution in [-0.2, 0) is 13.1 Å². The molecule has 0 fully saturated rings. The second-order valence-corrected chi connectivity index (χ2v) is 10.2. The average molecular weight is 531 g/mol. The summed E-state index contributed by atoms with van der Waals surface area (Å²) < 4.78 is 15.8. The number of para-hydroxylation sites is 1. The third-order valence-corrected chi connectivity index (χ3v) is 7.04. The largest absolute Gasteiger partial charge is 0.370 e. The molecule has 3 aromatic carbocycles. The Morgan fingerprint density at radius 3 is 2.61 bits per heavy atom. The zero-order valence-electron chi connectivity index (χ0n) is 21.4. The summed E-state index contributed by atoms with van der Waals surface area (Å²) in [5.41, 5.74) is 5.87. The average Bonchev–Trinajstić information content (AvgIpc) is 3.16. The number of Topliss-reactive ketones (excluding diaryl/α,β-unsaturated/α-hetero) is 1. The lowest BCUT2D eigenvalue weighted by Crippen LogP contribution is -2.24. The van der Waals surface area contributed by atoms with Crippen molar-refractivity contribution in [3.8, 4) is 0 Å². The van der Waals surface area contributed by atoms with Gasteiger partial charge in [0, 0.05) is 41.4 Å². The van der Waals surface area contributed by atoms with E-state index < -0.39 is 17.8 Å². The molecule has 1 aliphatic rings. The minimum atomic E-state index is -0.584. The van der Waals surface area contributed by atoms with Crippen LogP contribution in [0.5, 0.6) is 0 Å². The van der Waals surface area contributed by atoms with Gasteiger partial charge < -0.3 is 20.1 Å². The van der Waals surface area contributed by atoms with Crippen molar-refractivity contribution >= 4 is 34.7 Å². The van der Waals surface area contributed by atoms with Crippen LogP contribution in [0.3, 0.4) is 0 Å². The molecule has 2 N–H and O–H groups in total. The summed E-state index contributed by atoms with van der Waals surface area (Å²) in [6, 6.07) is 20.3. The van der Waals surface area contributed by atoms with Crippen molar-refractivity contribution in [3.05, 3.63) is 117 Å². The summed E-state index contributed by atoms with van der Waals surface area (Å²) in [5.74, 6) is -1.14. The molecule has 5 rings (SSSR count). The van der Waals surface area contributed by atoms with Gasteiger partial charge in [0.15, 0.2) is 5.78 Å². The number of ketones is 1. The molecular formula is C30H28ClFN4O2. The number of rotatable bonds is 6. The molecule has 0 aliphatic carbocycles. The molecular weight excluding hydrogens is 503 g/mol. The molecule has 6 nitrogen and oxygen atoms in total. The molecule has 8 heteroatoms. The normalized spacial score (nSPS) is 14.3. The molecule has 2 heterocycles. The molecule has 0 saturated carbocycles. The van der Waals surface area contributed by atoms with E-state index in [0.29, 0.717) is 23.4 Å². The molecule has 1 atom stereocenters. The maximum absolute atomic E-state index is 14.0. The van der Waals surface area contributed by atoms with Gasteiger partial charge in [-0.25, -0.2) is 4.39 Å². The Morgan fingerprint density at radius 1 is 1.05 bits per heavy atom.